The molecule has 2 rings (SSSR count). The molecule has 1 aromatic carbocycles. The van der Waals surface area contributed by atoms with E-state index in [0.717, 1.165) is 24.1 Å². The van der Waals surface area contributed by atoms with E-state index in [0.29, 0.717) is 12.3 Å². The fraction of sp³-hybridized carbons (Fsp3) is 0.400. The van der Waals surface area contributed by atoms with Crippen molar-refractivity contribution < 1.29 is 4.79 Å². The summed E-state index contributed by atoms with van der Waals surface area (Å²) in [4.78, 5) is 11.9. The molecule has 0 radical (unpaired) electrons. The molecule has 1 aromatic rings. The fourth-order valence-electron chi connectivity index (χ4n) is 2.18. The second-order valence-corrected chi connectivity index (χ2v) is 4.84. The highest BCUT2D eigenvalue weighted by atomic mass is 16.1. The van der Waals surface area contributed by atoms with Gasteiger partial charge in [0.05, 0.1) is 0 Å². The zero-order valence-electron chi connectivity index (χ0n) is 10.5. The first-order valence-corrected chi connectivity index (χ1v) is 6.19. The van der Waals surface area contributed by atoms with Crippen LogP contribution in [0.25, 0.3) is 0 Å². The molecule has 0 bridgehead atoms. The number of amides is 1. The van der Waals surface area contributed by atoms with Gasteiger partial charge in [-0.25, -0.2) is 0 Å². The quantitative estimate of drug-likeness (QED) is 0.788. The number of allylic oxidation sites excluding steroid dienone is 2. The topological polar surface area (TPSA) is 29.1 Å². The van der Waals surface area contributed by atoms with Gasteiger partial charge < -0.3 is 5.32 Å². The smallest absolute Gasteiger partial charge is 0.224 e. The van der Waals surface area contributed by atoms with Crippen molar-refractivity contribution in [2.75, 3.05) is 5.32 Å². The summed E-state index contributed by atoms with van der Waals surface area (Å²) in [5, 5.41) is 3.01. The van der Waals surface area contributed by atoms with Gasteiger partial charge in [-0.05, 0) is 49.8 Å². The standard InChI is InChI=1S/C15H19NO/c1-11-7-8-12(2)14(9-11)16-15(17)10-13-5-3-4-6-13/h3,5,7-9,13H,4,6,10H2,1-2H3,(H,16,17). The summed E-state index contributed by atoms with van der Waals surface area (Å²) < 4.78 is 0. The number of anilines is 1. The van der Waals surface area contributed by atoms with Crippen molar-refractivity contribution in [1.82, 2.24) is 0 Å². The molecule has 1 unspecified atom stereocenters. The van der Waals surface area contributed by atoms with Crippen LogP contribution in [0.15, 0.2) is 30.4 Å². The minimum Gasteiger partial charge on any atom is -0.326 e. The van der Waals surface area contributed by atoms with Crippen LogP contribution in [0, 0.1) is 19.8 Å². The summed E-state index contributed by atoms with van der Waals surface area (Å²) in [5.41, 5.74) is 3.23. The van der Waals surface area contributed by atoms with Crippen molar-refractivity contribution in [2.24, 2.45) is 5.92 Å². The summed E-state index contributed by atoms with van der Waals surface area (Å²) in [6.07, 6.45) is 7.14. The predicted octanol–water partition coefficient (Wildman–Crippen LogP) is 3.60. The molecule has 90 valence electrons. The molecule has 0 fully saturated rings. The Hall–Kier alpha value is -1.57. The highest BCUT2D eigenvalue weighted by Gasteiger charge is 2.14. The van der Waals surface area contributed by atoms with E-state index in [1.807, 2.05) is 26.0 Å². The number of hydrogen-bond donors (Lipinski definition) is 1. The van der Waals surface area contributed by atoms with Crippen LogP contribution in [0.4, 0.5) is 5.69 Å². The number of aryl methyl sites for hydroxylation is 2. The Morgan fingerprint density at radius 2 is 2.24 bits per heavy atom. The number of nitrogens with one attached hydrogen (secondary N) is 1. The Balaban J connectivity index is 1.97. The van der Waals surface area contributed by atoms with E-state index < -0.39 is 0 Å². The molecule has 1 N–H and O–H groups in total. The Bertz CT molecular complexity index is 448. The lowest BCUT2D eigenvalue weighted by atomic mass is 10.0. The molecule has 0 heterocycles. The lowest BCUT2D eigenvalue weighted by Gasteiger charge is -2.11. The van der Waals surface area contributed by atoms with Crippen LogP contribution in [0.1, 0.15) is 30.4 Å². The number of hydrogen-bond acceptors (Lipinski definition) is 1. The zero-order chi connectivity index (χ0) is 12.3. The second-order valence-electron chi connectivity index (χ2n) is 4.84. The van der Waals surface area contributed by atoms with Crippen LogP contribution in [0.2, 0.25) is 0 Å². The van der Waals surface area contributed by atoms with E-state index in [1.54, 1.807) is 0 Å². The van der Waals surface area contributed by atoms with Gasteiger partial charge >= 0.3 is 0 Å². The number of carbonyl (C=O) groups excluding carboxylic acids is 1. The third-order valence-electron chi connectivity index (χ3n) is 3.23. The zero-order valence-corrected chi connectivity index (χ0v) is 10.5. The van der Waals surface area contributed by atoms with Crippen LogP contribution in [0.3, 0.4) is 0 Å². The highest BCUT2D eigenvalue weighted by molar-refractivity contribution is 5.91. The maximum Gasteiger partial charge on any atom is 0.224 e. The third-order valence-corrected chi connectivity index (χ3v) is 3.23. The van der Waals surface area contributed by atoms with Gasteiger partial charge in [-0.15, -0.1) is 0 Å². The summed E-state index contributed by atoms with van der Waals surface area (Å²) in [5.74, 6) is 0.551. The summed E-state index contributed by atoms with van der Waals surface area (Å²) in [6.45, 7) is 4.05. The lowest BCUT2D eigenvalue weighted by molar-refractivity contribution is -0.116. The molecule has 0 spiro atoms. The molecule has 17 heavy (non-hydrogen) atoms. The summed E-state index contributed by atoms with van der Waals surface area (Å²) in [7, 11) is 0. The van der Waals surface area contributed by atoms with Gasteiger partial charge in [-0.2, -0.15) is 0 Å². The molecular weight excluding hydrogens is 210 g/mol. The molecule has 0 aromatic heterocycles. The summed E-state index contributed by atoms with van der Waals surface area (Å²) >= 11 is 0. The number of rotatable bonds is 3. The minimum atomic E-state index is 0.121. The van der Waals surface area contributed by atoms with Gasteiger partial charge in [-0.1, -0.05) is 24.3 Å². The Morgan fingerprint density at radius 3 is 2.94 bits per heavy atom. The molecule has 2 heteroatoms. The van der Waals surface area contributed by atoms with Crippen LogP contribution < -0.4 is 5.32 Å². The largest absolute Gasteiger partial charge is 0.326 e. The van der Waals surface area contributed by atoms with Crippen molar-refractivity contribution in [3.05, 3.63) is 41.5 Å². The molecule has 1 aliphatic rings. The Labute approximate surface area is 103 Å². The van der Waals surface area contributed by atoms with E-state index in [2.05, 4.69) is 23.5 Å². The van der Waals surface area contributed by atoms with E-state index in [4.69, 9.17) is 0 Å². The molecule has 1 atom stereocenters. The van der Waals surface area contributed by atoms with Gasteiger partial charge in [0.2, 0.25) is 5.91 Å². The second kappa shape index (κ2) is 5.17. The first kappa shape index (κ1) is 11.9. The molecular formula is C15H19NO. The van der Waals surface area contributed by atoms with E-state index in [-0.39, 0.29) is 5.91 Å². The molecule has 2 nitrogen and oxygen atoms in total. The molecule has 1 aliphatic carbocycles. The normalized spacial score (nSPS) is 18.4. The van der Waals surface area contributed by atoms with Crippen molar-refractivity contribution in [2.45, 2.75) is 33.1 Å². The van der Waals surface area contributed by atoms with Gasteiger partial charge in [-0.3, -0.25) is 4.79 Å². The first-order valence-electron chi connectivity index (χ1n) is 6.19. The molecule has 1 amide bonds. The van der Waals surface area contributed by atoms with Gasteiger partial charge in [0, 0.05) is 12.1 Å². The first-order chi connectivity index (χ1) is 8.15. The highest BCUT2D eigenvalue weighted by Crippen LogP contribution is 2.22. The Morgan fingerprint density at radius 1 is 1.41 bits per heavy atom. The van der Waals surface area contributed by atoms with Crippen molar-refractivity contribution in [3.8, 4) is 0 Å². The van der Waals surface area contributed by atoms with E-state index in [1.165, 1.54) is 5.56 Å². The predicted molar refractivity (Wildman–Crippen MR) is 71.0 cm³/mol. The lowest BCUT2D eigenvalue weighted by Crippen LogP contribution is -2.15. The maximum atomic E-state index is 11.9. The van der Waals surface area contributed by atoms with Crippen LogP contribution in [-0.4, -0.2) is 5.91 Å². The molecule has 0 aliphatic heterocycles. The Kier molecular flexibility index (Phi) is 3.62. The van der Waals surface area contributed by atoms with Crippen LogP contribution in [-0.2, 0) is 4.79 Å². The monoisotopic (exact) mass is 229 g/mol. The number of carbonyl (C=O) groups is 1. The maximum absolute atomic E-state index is 11.9. The SMILES string of the molecule is Cc1ccc(C)c(NC(=O)CC2C=CCC2)c1. The van der Waals surface area contributed by atoms with Crippen molar-refractivity contribution in [3.63, 3.8) is 0 Å². The average Bonchev–Trinajstić information content (AvgIpc) is 2.76. The number of benzene rings is 1. The van der Waals surface area contributed by atoms with Gasteiger partial charge in [0.25, 0.3) is 0 Å². The van der Waals surface area contributed by atoms with Gasteiger partial charge in [0.1, 0.15) is 0 Å². The fourth-order valence-corrected chi connectivity index (χ4v) is 2.18. The van der Waals surface area contributed by atoms with Crippen molar-refractivity contribution >= 4 is 11.6 Å². The third kappa shape index (κ3) is 3.19. The van der Waals surface area contributed by atoms with Crippen LogP contribution in [0.5, 0.6) is 0 Å². The summed E-state index contributed by atoms with van der Waals surface area (Å²) in [6, 6.07) is 6.13. The van der Waals surface area contributed by atoms with E-state index in [9.17, 15) is 4.79 Å². The molecule has 0 saturated carbocycles. The minimum absolute atomic E-state index is 0.121. The van der Waals surface area contributed by atoms with Crippen LogP contribution >= 0.6 is 0 Å². The van der Waals surface area contributed by atoms with Crippen molar-refractivity contribution in [1.29, 1.82) is 0 Å². The van der Waals surface area contributed by atoms with Gasteiger partial charge in [0.15, 0.2) is 0 Å². The average molecular weight is 229 g/mol. The molecule has 0 saturated heterocycles. The van der Waals surface area contributed by atoms with E-state index >= 15 is 0 Å².